The van der Waals surface area contributed by atoms with Gasteiger partial charge in [-0.15, -0.1) is 0 Å². The van der Waals surface area contributed by atoms with E-state index < -0.39 is 6.10 Å². The van der Waals surface area contributed by atoms with E-state index >= 15 is 0 Å². The van der Waals surface area contributed by atoms with Crippen LogP contribution < -0.4 is 10.4 Å². The van der Waals surface area contributed by atoms with Crippen LogP contribution in [0.15, 0.2) is 62.3 Å². The number of fused-ring (bicyclic) bond motifs is 1. The first-order chi connectivity index (χ1) is 13.0. The van der Waals surface area contributed by atoms with E-state index in [9.17, 15) is 4.79 Å². The highest BCUT2D eigenvalue weighted by Gasteiger charge is 2.18. The number of aryl methyl sites for hydroxylation is 2. The summed E-state index contributed by atoms with van der Waals surface area (Å²) in [6, 6.07) is 14.7. The molecule has 0 N–H and O–H groups in total. The van der Waals surface area contributed by atoms with Gasteiger partial charge >= 0.3 is 5.63 Å². The highest BCUT2D eigenvalue weighted by Crippen LogP contribution is 2.27. The van der Waals surface area contributed by atoms with Crippen LogP contribution in [0.2, 0.25) is 0 Å². The number of rotatable bonds is 4. The summed E-state index contributed by atoms with van der Waals surface area (Å²) in [5.41, 5.74) is 2.95. The van der Waals surface area contributed by atoms with Crippen molar-refractivity contribution in [3.05, 3.63) is 76.0 Å². The maximum atomic E-state index is 11.6. The topological polar surface area (TPSA) is 78.4 Å². The van der Waals surface area contributed by atoms with E-state index in [0.29, 0.717) is 23.0 Å². The van der Waals surface area contributed by atoms with Crippen molar-refractivity contribution in [1.29, 1.82) is 0 Å². The zero-order valence-corrected chi connectivity index (χ0v) is 15.2. The van der Waals surface area contributed by atoms with Crippen molar-refractivity contribution in [3.63, 3.8) is 0 Å². The second-order valence-corrected chi connectivity index (χ2v) is 6.44. The molecular formula is C21H18N2O4. The molecule has 0 bridgehead atoms. The van der Waals surface area contributed by atoms with Gasteiger partial charge in [0, 0.05) is 23.1 Å². The summed E-state index contributed by atoms with van der Waals surface area (Å²) in [6.45, 7) is 5.69. The third-order valence-electron chi connectivity index (χ3n) is 4.41. The van der Waals surface area contributed by atoms with Crippen molar-refractivity contribution in [1.82, 2.24) is 10.1 Å². The number of hydrogen-bond acceptors (Lipinski definition) is 6. The van der Waals surface area contributed by atoms with E-state index in [1.165, 1.54) is 6.07 Å². The second kappa shape index (κ2) is 6.72. The third-order valence-corrected chi connectivity index (χ3v) is 4.41. The van der Waals surface area contributed by atoms with Gasteiger partial charge in [0.05, 0.1) is 0 Å². The van der Waals surface area contributed by atoms with Gasteiger partial charge in [0.2, 0.25) is 5.82 Å². The van der Waals surface area contributed by atoms with Crippen LogP contribution in [0.5, 0.6) is 5.75 Å². The molecule has 0 saturated heterocycles. The molecule has 136 valence electrons. The van der Waals surface area contributed by atoms with Crippen molar-refractivity contribution < 1.29 is 13.7 Å². The quantitative estimate of drug-likeness (QED) is 0.494. The molecule has 1 atom stereocenters. The fourth-order valence-electron chi connectivity index (χ4n) is 2.97. The first kappa shape index (κ1) is 17.0. The lowest BCUT2D eigenvalue weighted by molar-refractivity contribution is 0.176. The largest absolute Gasteiger partial charge is 0.481 e. The lowest BCUT2D eigenvalue weighted by atomic mass is 10.1. The Balaban J connectivity index is 1.59. The first-order valence-electron chi connectivity index (χ1n) is 8.62. The monoisotopic (exact) mass is 362 g/mol. The van der Waals surface area contributed by atoms with Gasteiger partial charge in [0.25, 0.3) is 5.89 Å². The molecule has 0 aliphatic rings. The van der Waals surface area contributed by atoms with Gasteiger partial charge in [0.15, 0.2) is 6.10 Å². The minimum atomic E-state index is -0.454. The third kappa shape index (κ3) is 3.33. The predicted octanol–water partition coefficient (Wildman–Crippen LogP) is 4.60. The van der Waals surface area contributed by atoms with E-state index in [1.54, 1.807) is 6.07 Å². The number of nitrogens with zero attached hydrogens (tertiary/aromatic N) is 2. The van der Waals surface area contributed by atoms with Gasteiger partial charge in [0.1, 0.15) is 11.3 Å². The standard InChI is InChI=1S/C21H18N2O4/c1-12-6-4-5-7-17(12)20-22-21(27-23-20)14(3)25-15-8-9-16-13(2)10-19(24)26-18(16)11-15/h4-11,14H,1-3H3/t14-/m0/s1. The average molecular weight is 362 g/mol. The van der Waals surface area contributed by atoms with Crippen molar-refractivity contribution in [2.45, 2.75) is 26.9 Å². The summed E-state index contributed by atoms with van der Waals surface area (Å²) >= 11 is 0. The fraction of sp³-hybridized carbons (Fsp3) is 0.190. The normalized spacial score (nSPS) is 12.3. The number of hydrogen-bond donors (Lipinski definition) is 0. The molecule has 2 aromatic carbocycles. The van der Waals surface area contributed by atoms with Gasteiger partial charge in [-0.2, -0.15) is 4.98 Å². The molecule has 4 aromatic rings. The lowest BCUT2D eigenvalue weighted by Gasteiger charge is -2.11. The molecule has 2 heterocycles. The maximum absolute atomic E-state index is 11.6. The molecule has 0 amide bonds. The van der Waals surface area contributed by atoms with Crippen LogP contribution in [0.25, 0.3) is 22.4 Å². The van der Waals surface area contributed by atoms with Gasteiger partial charge < -0.3 is 13.7 Å². The summed E-state index contributed by atoms with van der Waals surface area (Å²) in [5.74, 6) is 1.46. The van der Waals surface area contributed by atoms with Crippen LogP contribution in [-0.2, 0) is 0 Å². The Morgan fingerprint density at radius 1 is 1.04 bits per heavy atom. The minimum absolute atomic E-state index is 0.374. The Hall–Kier alpha value is -3.41. The van der Waals surface area contributed by atoms with Gasteiger partial charge in [-0.25, -0.2) is 4.79 Å². The molecule has 0 aliphatic heterocycles. The zero-order chi connectivity index (χ0) is 19.0. The first-order valence-corrected chi connectivity index (χ1v) is 8.62. The number of ether oxygens (including phenoxy) is 1. The summed E-state index contributed by atoms with van der Waals surface area (Å²) in [6.07, 6.45) is -0.454. The Bertz CT molecular complexity index is 1180. The molecule has 0 aliphatic carbocycles. The molecule has 0 radical (unpaired) electrons. The molecular weight excluding hydrogens is 344 g/mol. The predicted molar refractivity (Wildman–Crippen MR) is 101 cm³/mol. The minimum Gasteiger partial charge on any atom is -0.481 e. The molecule has 0 unspecified atom stereocenters. The smallest absolute Gasteiger partial charge is 0.336 e. The summed E-state index contributed by atoms with van der Waals surface area (Å²) < 4.78 is 16.5. The van der Waals surface area contributed by atoms with Crippen LogP contribution in [0.4, 0.5) is 0 Å². The molecule has 6 nitrogen and oxygen atoms in total. The van der Waals surface area contributed by atoms with Crippen molar-refractivity contribution >= 4 is 11.0 Å². The SMILES string of the molecule is Cc1ccccc1-c1noc([C@H](C)Oc2ccc3c(C)cc(=O)oc3c2)n1. The van der Waals surface area contributed by atoms with Gasteiger partial charge in [-0.05, 0) is 44.0 Å². The summed E-state index contributed by atoms with van der Waals surface area (Å²) in [4.78, 5) is 16.0. The van der Waals surface area contributed by atoms with E-state index in [1.807, 2.05) is 57.2 Å². The molecule has 0 fully saturated rings. The Kier molecular flexibility index (Phi) is 4.24. The number of aromatic nitrogens is 2. The van der Waals surface area contributed by atoms with Gasteiger partial charge in [-0.1, -0.05) is 29.4 Å². The van der Waals surface area contributed by atoms with Crippen LogP contribution in [-0.4, -0.2) is 10.1 Å². The molecule has 0 spiro atoms. The summed E-state index contributed by atoms with van der Waals surface area (Å²) in [7, 11) is 0. The highest BCUT2D eigenvalue weighted by molar-refractivity contribution is 5.81. The Morgan fingerprint density at radius 2 is 1.85 bits per heavy atom. The molecule has 27 heavy (non-hydrogen) atoms. The van der Waals surface area contributed by atoms with Crippen LogP contribution in [0.1, 0.15) is 30.0 Å². The average Bonchev–Trinajstić information content (AvgIpc) is 3.11. The second-order valence-electron chi connectivity index (χ2n) is 6.44. The highest BCUT2D eigenvalue weighted by atomic mass is 16.5. The summed E-state index contributed by atoms with van der Waals surface area (Å²) in [5, 5.41) is 4.93. The van der Waals surface area contributed by atoms with E-state index in [-0.39, 0.29) is 5.63 Å². The molecule has 2 aromatic heterocycles. The van der Waals surface area contributed by atoms with Crippen molar-refractivity contribution in [3.8, 4) is 17.1 Å². The number of benzene rings is 2. The molecule has 6 heteroatoms. The Labute approximate surface area is 155 Å². The van der Waals surface area contributed by atoms with Crippen LogP contribution in [0.3, 0.4) is 0 Å². The van der Waals surface area contributed by atoms with Crippen molar-refractivity contribution in [2.75, 3.05) is 0 Å². The maximum Gasteiger partial charge on any atom is 0.336 e. The Morgan fingerprint density at radius 3 is 2.67 bits per heavy atom. The zero-order valence-electron chi connectivity index (χ0n) is 15.2. The fourth-order valence-corrected chi connectivity index (χ4v) is 2.97. The van der Waals surface area contributed by atoms with Crippen LogP contribution in [0, 0.1) is 13.8 Å². The molecule has 4 rings (SSSR count). The van der Waals surface area contributed by atoms with Crippen LogP contribution >= 0.6 is 0 Å². The van der Waals surface area contributed by atoms with Gasteiger partial charge in [-0.3, -0.25) is 0 Å². The molecule has 0 saturated carbocycles. The lowest BCUT2D eigenvalue weighted by Crippen LogP contribution is -2.04. The van der Waals surface area contributed by atoms with Crippen molar-refractivity contribution in [2.24, 2.45) is 0 Å². The van der Waals surface area contributed by atoms with E-state index in [2.05, 4.69) is 10.1 Å². The van der Waals surface area contributed by atoms with E-state index in [4.69, 9.17) is 13.7 Å². The van der Waals surface area contributed by atoms with E-state index in [0.717, 1.165) is 22.1 Å².